The number of aromatic nitrogens is 1. The molecule has 0 aliphatic heterocycles. The minimum absolute atomic E-state index is 0.230. The summed E-state index contributed by atoms with van der Waals surface area (Å²) >= 11 is 1.63. The zero-order valence-electron chi connectivity index (χ0n) is 20.5. The zero-order valence-corrected chi connectivity index (χ0v) is 21.4. The third-order valence-electron chi connectivity index (χ3n) is 5.37. The molecule has 10 heteroatoms. The lowest BCUT2D eigenvalue weighted by Crippen LogP contribution is -2.21. The lowest BCUT2D eigenvalue weighted by molar-refractivity contribution is -0.274. The summed E-state index contributed by atoms with van der Waals surface area (Å²) in [5, 5.41) is 4.10. The second-order valence-corrected chi connectivity index (χ2v) is 9.45. The van der Waals surface area contributed by atoms with Crippen molar-refractivity contribution in [2.75, 3.05) is 45.4 Å². The number of thiazole rings is 1. The molecule has 1 aromatic heterocycles. The van der Waals surface area contributed by atoms with E-state index < -0.39 is 6.36 Å². The molecule has 0 aliphatic carbocycles. The molecule has 0 bridgehead atoms. The Balaban J connectivity index is 1.16. The van der Waals surface area contributed by atoms with Crippen molar-refractivity contribution in [1.82, 2.24) is 10.3 Å². The van der Waals surface area contributed by atoms with Gasteiger partial charge in [-0.05, 0) is 60.2 Å². The second-order valence-electron chi connectivity index (χ2n) is 8.42. The van der Waals surface area contributed by atoms with Crippen LogP contribution in [0.15, 0.2) is 66.7 Å². The van der Waals surface area contributed by atoms with Gasteiger partial charge in [-0.25, -0.2) is 4.98 Å². The molecule has 37 heavy (non-hydrogen) atoms. The van der Waals surface area contributed by atoms with E-state index in [9.17, 15) is 13.2 Å². The number of hydrogen-bond donors (Lipinski definition) is 1. The van der Waals surface area contributed by atoms with Crippen molar-refractivity contribution in [2.45, 2.75) is 12.9 Å². The van der Waals surface area contributed by atoms with Crippen molar-refractivity contribution in [2.24, 2.45) is 0 Å². The van der Waals surface area contributed by atoms with Crippen molar-refractivity contribution in [3.63, 3.8) is 0 Å². The van der Waals surface area contributed by atoms with Gasteiger partial charge in [0.05, 0.1) is 23.4 Å². The number of hydrogen-bond acceptors (Lipinski definition) is 7. The van der Waals surface area contributed by atoms with E-state index in [2.05, 4.69) is 39.2 Å². The van der Waals surface area contributed by atoms with Gasteiger partial charge in [0.2, 0.25) is 0 Å². The van der Waals surface area contributed by atoms with Crippen LogP contribution in [0.1, 0.15) is 5.56 Å². The van der Waals surface area contributed by atoms with Gasteiger partial charge in [-0.2, -0.15) is 0 Å². The third kappa shape index (κ3) is 8.08. The summed E-state index contributed by atoms with van der Waals surface area (Å²) in [6.07, 6.45) is -4.70. The van der Waals surface area contributed by atoms with Gasteiger partial charge in [0.25, 0.3) is 0 Å². The highest BCUT2D eigenvalue weighted by Crippen LogP contribution is 2.33. The number of ether oxygens (including phenoxy) is 3. The van der Waals surface area contributed by atoms with Crippen LogP contribution in [0.25, 0.3) is 20.8 Å². The number of anilines is 1. The highest BCUT2D eigenvalue weighted by Gasteiger charge is 2.31. The molecule has 6 nitrogen and oxygen atoms in total. The average molecular weight is 532 g/mol. The molecule has 0 saturated carbocycles. The quantitative estimate of drug-likeness (QED) is 0.223. The van der Waals surface area contributed by atoms with Crippen LogP contribution >= 0.6 is 11.3 Å². The Labute approximate surface area is 217 Å². The van der Waals surface area contributed by atoms with E-state index in [0.29, 0.717) is 38.5 Å². The van der Waals surface area contributed by atoms with E-state index in [4.69, 9.17) is 14.5 Å². The van der Waals surface area contributed by atoms with Crippen LogP contribution in [0.4, 0.5) is 18.9 Å². The van der Waals surface area contributed by atoms with E-state index in [1.54, 1.807) is 17.4 Å². The van der Waals surface area contributed by atoms with Gasteiger partial charge in [0.15, 0.2) is 0 Å². The molecule has 4 aromatic rings. The number of fused-ring (bicyclic) bond motifs is 1. The molecular weight excluding hydrogens is 503 g/mol. The number of benzene rings is 3. The van der Waals surface area contributed by atoms with Crippen LogP contribution in [0.5, 0.6) is 11.5 Å². The van der Waals surface area contributed by atoms with E-state index in [-0.39, 0.29) is 5.75 Å². The molecule has 3 aromatic carbocycles. The lowest BCUT2D eigenvalue weighted by atomic mass is 10.2. The van der Waals surface area contributed by atoms with E-state index in [1.807, 2.05) is 32.3 Å². The van der Waals surface area contributed by atoms with Crippen molar-refractivity contribution in [3.05, 3.63) is 72.3 Å². The summed E-state index contributed by atoms with van der Waals surface area (Å²) in [6.45, 7) is 2.23. The highest BCUT2D eigenvalue weighted by molar-refractivity contribution is 7.21. The van der Waals surface area contributed by atoms with Crippen molar-refractivity contribution < 1.29 is 27.4 Å². The van der Waals surface area contributed by atoms with Gasteiger partial charge in [0, 0.05) is 38.4 Å². The molecule has 4 rings (SSSR count). The van der Waals surface area contributed by atoms with Crippen LogP contribution < -0.4 is 19.7 Å². The third-order valence-corrected chi connectivity index (χ3v) is 6.44. The molecule has 0 unspecified atom stereocenters. The fourth-order valence-corrected chi connectivity index (χ4v) is 4.57. The first-order valence-electron chi connectivity index (χ1n) is 11.7. The summed E-state index contributed by atoms with van der Waals surface area (Å²) in [6, 6.07) is 20.1. The minimum Gasteiger partial charge on any atom is -0.491 e. The molecule has 0 fully saturated rings. The van der Waals surface area contributed by atoms with Crippen LogP contribution in [-0.2, 0) is 11.3 Å². The summed E-state index contributed by atoms with van der Waals surface area (Å²) < 4.78 is 53.4. The minimum atomic E-state index is -4.70. The molecule has 0 atom stereocenters. The van der Waals surface area contributed by atoms with Crippen LogP contribution in [0, 0.1) is 0 Å². The van der Waals surface area contributed by atoms with E-state index in [0.717, 1.165) is 32.2 Å². The Kier molecular flexibility index (Phi) is 8.86. The smallest absolute Gasteiger partial charge is 0.491 e. The van der Waals surface area contributed by atoms with Crippen LogP contribution in [0.3, 0.4) is 0 Å². The average Bonchev–Trinajstić information content (AvgIpc) is 3.28. The van der Waals surface area contributed by atoms with Gasteiger partial charge >= 0.3 is 6.36 Å². The number of nitrogens with zero attached hydrogens (tertiary/aromatic N) is 2. The Bertz CT molecular complexity index is 1290. The molecule has 1 N–H and O–H groups in total. The first kappa shape index (κ1) is 26.7. The maximum absolute atomic E-state index is 12.3. The largest absolute Gasteiger partial charge is 0.573 e. The first-order valence-corrected chi connectivity index (χ1v) is 12.5. The zero-order chi connectivity index (χ0) is 26.3. The predicted molar refractivity (Wildman–Crippen MR) is 141 cm³/mol. The molecule has 0 aliphatic rings. The first-order chi connectivity index (χ1) is 17.8. The summed E-state index contributed by atoms with van der Waals surface area (Å²) in [5.74, 6) is 0.528. The number of rotatable bonds is 12. The normalized spacial score (nSPS) is 11.6. The predicted octanol–water partition coefficient (Wildman–Crippen LogP) is 6.11. The monoisotopic (exact) mass is 531 g/mol. The molecule has 0 radical (unpaired) electrons. The van der Waals surface area contributed by atoms with E-state index in [1.165, 1.54) is 18.2 Å². The molecular formula is C27H28F3N3O3S. The van der Waals surface area contributed by atoms with Crippen molar-refractivity contribution in [1.29, 1.82) is 0 Å². The number of alkyl halides is 3. The Hall–Kier alpha value is -3.34. The standard InChI is InChI=1S/C27H28F3N3O3S/c1-33(2)21-8-6-20(7-9-21)26-32-24-11-10-22(17-25(24)37-26)35-15-14-34-13-12-31-18-19-4-3-5-23(16-19)36-27(28,29)30/h3-11,16-17,31H,12-15,18H2,1-2H3. The SMILES string of the molecule is CN(C)c1ccc(-c2nc3ccc(OCCOCCNCc4cccc(OC(F)(F)F)c4)cc3s2)cc1. The van der Waals surface area contributed by atoms with Gasteiger partial charge < -0.3 is 24.4 Å². The Morgan fingerprint density at radius 3 is 2.49 bits per heavy atom. The second kappa shape index (κ2) is 12.3. The molecule has 0 saturated heterocycles. The maximum Gasteiger partial charge on any atom is 0.573 e. The molecule has 0 amide bonds. The fraction of sp³-hybridized carbons (Fsp3) is 0.296. The van der Waals surface area contributed by atoms with Gasteiger partial charge in [0.1, 0.15) is 23.1 Å². The highest BCUT2D eigenvalue weighted by atomic mass is 32.1. The van der Waals surface area contributed by atoms with Crippen molar-refractivity contribution in [3.8, 4) is 22.1 Å². The number of halogens is 3. The Morgan fingerprint density at radius 2 is 1.73 bits per heavy atom. The van der Waals surface area contributed by atoms with Crippen LogP contribution in [0.2, 0.25) is 0 Å². The summed E-state index contributed by atoms with van der Waals surface area (Å²) in [4.78, 5) is 6.80. The number of nitrogens with one attached hydrogen (secondary N) is 1. The summed E-state index contributed by atoms with van der Waals surface area (Å²) in [5.41, 5.74) is 3.85. The maximum atomic E-state index is 12.3. The topological polar surface area (TPSA) is 55.9 Å². The van der Waals surface area contributed by atoms with Crippen LogP contribution in [-0.4, -0.2) is 51.8 Å². The fourth-order valence-electron chi connectivity index (χ4n) is 3.57. The lowest BCUT2D eigenvalue weighted by Gasteiger charge is -2.11. The molecule has 0 spiro atoms. The summed E-state index contributed by atoms with van der Waals surface area (Å²) in [7, 11) is 4.03. The van der Waals surface area contributed by atoms with Gasteiger partial charge in [-0.1, -0.05) is 12.1 Å². The van der Waals surface area contributed by atoms with E-state index >= 15 is 0 Å². The van der Waals surface area contributed by atoms with Crippen molar-refractivity contribution >= 4 is 27.2 Å². The molecule has 196 valence electrons. The van der Waals surface area contributed by atoms with Gasteiger partial charge in [-0.15, -0.1) is 24.5 Å². The molecule has 1 heterocycles. The Morgan fingerprint density at radius 1 is 0.919 bits per heavy atom. The van der Waals surface area contributed by atoms with Gasteiger partial charge in [-0.3, -0.25) is 0 Å².